The van der Waals surface area contributed by atoms with Gasteiger partial charge in [0.05, 0.1) is 13.2 Å². The van der Waals surface area contributed by atoms with Crippen LogP contribution in [-0.4, -0.2) is 37.2 Å². The number of hydrogen-bond acceptors (Lipinski definition) is 2. The van der Waals surface area contributed by atoms with Crippen LogP contribution in [0, 0.1) is 0 Å². The van der Waals surface area contributed by atoms with Crippen molar-refractivity contribution in [3.05, 3.63) is 29.8 Å². The first-order valence-corrected chi connectivity index (χ1v) is 4.58. The molecule has 0 radical (unpaired) electrons. The van der Waals surface area contributed by atoms with Crippen LogP contribution in [0.15, 0.2) is 24.3 Å². The maximum atomic E-state index is 9.48. The van der Waals surface area contributed by atoms with Gasteiger partial charge in [-0.3, -0.25) is 0 Å². The summed E-state index contributed by atoms with van der Waals surface area (Å²) < 4.78 is 5.18. The van der Waals surface area contributed by atoms with Crippen molar-refractivity contribution in [2.45, 2.75) is 25.9 Å². The predicted octanol–water partition coefficient (Wildman–Crippen LogP) is 1.36. The van der Waals surface area contributed by atoms with Gasteiger partial charge in [-0.2, -0.15) is 0 Å². The molecule has 0 saturated carbocycles. The number of rotatable bonds is 4. The second-order valence-electron chi connectivity index (χ2n) is 3.08. The van der Waals surface area contributed by atoms with Crippen molar-refractivity contribution < 1.29 is 9.84 Å². The van der Waals surface area contributed by atoms with Crippen molar-refractivity contribution in [2.24, 2.45) is 0 Å². The maximum absolute atomic E-state index is 9.48. The van der Waals surface area contributed by atoms with Gasteiger partial charge in [-0.05, 0) is 18.1 Å². The van der Waals surface area contributed by atoms with Crippen molar-refractivity contribution in [3.63, 3.8) is 0 Å². The van der Waals surface area contributed by atoms with E-state index in [1.165, 1.54) is 0 Å². The molecule has 3 heteroatoms. The molecular weight excluding hydrogens is 171 g/mol. The van der Waals surface area contributed by atoms with Crippen LogP contribution in [0.2, 0.25) is 0 Å². The van der Waals surface area contributed by atoms with Crippen molar-refractivity contribution in [1.82, 2.24) is 0 Å². The van der Waals surface area contributed by atoms with Crippen molar-refractivity contribution in [1.29, 1.82) is 0 Å². The van der Waals surface area contributed by atoms with E-state index in [1.807, 2.05) is 31.2 Å². The molecule has 0 bridgehead atoms. The van der Waals surface area contributed by atoms with Gasteiger partial charge in [-0.15, -0.1) is 0 Å². The molecule has 0 heterocycles. The van der Waals surface area contributed by atoms with E-state index < -0.39 is 0 Å². The molecule has 1 aromatic carbocycles. The van der Waals surface area contributed by atoms with Crippen LogP contribution in [0.1, 0.15) is 18.9 Å². The summed E-state index contributed by atoms with van der Waals surface area (Å²) in [5.41, 5.74) is 1.07. The van der Waals surface area contributed by atoms with Crippen LogP contribution in [-0.2, 0) is 6.42 Å². The molecular formula is C11H17LiO2. The fourth-order valence-electron chi connectivity index (χ4n) is 1.27. The van der Waals surface area contributed by atoms with Gasteiger partial charge in [-0.25, -0.2) is 0 Å². The number of para-hydroxylation sites is 1. The van der Waals surface area contributed by atoms with Gasteiger partial charge < -0.3 is 9.84 Å². The number of benzene rings is 1. The summed E-state index contributed by atoms with van der Waals surface area (Å²) in [6.07, 6.45) is 1.18. The Kier molecular flexibility index (Phi) is 6.74. The van der Waals surface area contributed by atoms with Gasteiger partial charge >= 0.3 is 18.9 Å². The fraction of sp³-hybridized carbons (Fsp3) is 0.455. The SMILES string of the molecule is CCC(O)Cc1ccccc1OC.[LiH]. The minimum atomic E-state index is -0.267. The molecule has 0 fully saturated rings. The first kappa shape index (κ1) is 13.6. The van der Waals surface area contributed by atoms with E-state index in [-0.39, 0.29) is 25.0 Å². The zero-order valence-electron chi connectivity index (χ0n) is 8.16. The number of hydrogen-bond donors (Lipinski definition) is 1. The third-order valence-corrected chi connectivity index (χ3v) is 2.12. The molecule has 0 aliphatic carbocycles. The molecule has 0 aliphatic rings. The first-order chi connectivity index (χ1) is 6.27. The Balaban J connectivity index is 0.00000169. The van der Waals surface area contributed by atoms with Gasteiger partial charge in [0.25, 0.3) is 0 Å². The van der Waals surface area contributed by atoms with Gasteiger partial charge in [0.2, 0.25) is 0 Å². The topological polar surface area (TPSA) is 29.5 Å². The molecule has 0 aliphatic heterocycles. The normalized spacial score (nSPS) is 11.6. The molecule has 0 aromatic heterocycles. The molecule has 0 spiro atoms. The summed E-state index contributed by atoms with van der Waals surface area (Å²) in [6, 6.07) is 7.79. The minimum absolute atomic E-state index is 0. The van der Waals surface area contributed by atoms with E-state index in [4.69, 9.17) is 4.74 Å². The predicted molar refractivity (Wildman–Crippen MR) is 60.1 cm³/mol. The van der Waals surface area contributed by atoms with Crippen molar-refractivity contribution in [2.75, 3.05) is 7.11 Å². The Morgan fingerprint density at radius 2 is 2.00 bits per heavy atom. The van der Waals surface area contributed by atoms with Crippen LogP contribution in [0.25, 0.3) is 0 Å². The standard InChI is InChI=1S/C11H16O2.Li.H/c1-3-10(12)8-9-6-4-5-7-11(9)13-2;;/h4-7,10,12H,3,8H2,1-2H3;;. The first-order valence-electron chi connectivity index (χ1n) is 4.58. The van der Waals surface area contributed by atoms with Gasteiger partial charge in [-0.1, -0.05) is 25.1 Å². The Morgan fingerprint density at radius 1 is 1.36 bits per heavy atom. The molecule has 0 amide bonds. The van der Waals surface area contributed by atoms with Crippen LogP contribution in [0.3, 0.4) is 0 Å². The number of aliphatic hydroxyl groups is 1. The molecule has 1 rings (SSSR count). The number of methoxy groups -OCH3 is 1. The molecule has 2 nitrogen and oxygen atoms in total. The summed E-state index contributed by atoms with van der Waals surface area (Å²) in [5, 5.41) is 9.48. The van der Waals surface area contributed by atoms with Crippen LogP contribution < -0.4 is 4.74 Å². The van der Waals surface area contributed by atoms with E-state index >= 15 is 0 Å². The second kappa shape index (κ2) is 6.95. The Morgan fingerprint density at radius 3 is 2.57 bits per heavy atom. The summed E-state index contributed by atoms with van der Waals surface area (Å²) in [4.78, 5) is 0. The molecule has 14 heavy (non-hydrogen) atoms. The summed E-state index contributed by atoms with van der Waals surface area (Å²) >= 11 is 0. The molecule has 0 saturated heterocycles. The zero-order chi connectivity index (χ0) is 9.68. The van der Waals surface area contributed by atoms with E-state index in [2.05, 4.69) is 0 Å². The van der Waals surface area contributed by atoms with Crippen molar-refractivity contribution in [3.8, 4) is 5.75 Å². The molecule has 74 valence electrons. The summed E-state index contributed by atoms with van der Waals surface area (Å²) in [5.74, 6) is 0.856. The van der Waals surface area contributed by atoms with E-state index in [1.54, 1.807) is 7.11 Å². The third-order valence-electron chi connectivity index (χ3n) is 2.12. The second-order valence-corrected chi connectivity index (χ2v) is 3.08. The average molecular weight is 188 g/mol. The summed E-state index contributed by atoms with van der Waals surface area (Å²) in [6.45, 7) is 1.97. The Hall–Kier alpha value is -0.423. The zero-order valence-corrected chi connectivity index (χ0v) is 8.16. The average Bonchev–Trinajstić information content (AvgIpc) is 2.18. The summed E-state index contributed by atoms with van der Waals surface area (Å²) in [7, 11) is 1.65. The van der Waals surface area contributed by atoms with Gasteiger partial charge in [0, 0.05) is 6.42 Å². The van der Waals surface area contributed by atoms with Gasteiger partial charge in [0.15, 0.2) is 0 Å². The van der Waals surface area contributed by atoms with E-state index in [9.17, 15) is 5.11 Å². The number of aliphatic hydroxyl groups excluding tert-OH is 1. The quantitative estimate of drug-likeness (QED) is 0.723. The van der Waals surface area contributed by atoms with Crippen LogP contribution >= 0.6 is 0 Å². The van der Waals surface area contributed by atoms with E-state index in [0.717, 1.165) is 17.7 Å². The molecule has 1 aromatic rings. The van der Waals surface area contributed by atoms with Crippen molar-refractivity contribution >= 4 is 18.9 Å². The molecule has 1 N–H and O–H groups in total. The van der Waals surface area contributed by atoms with Crippen LogP contribution in [0.4, 0.5) is 0 Å². The fourth-order valence-corrected chi connectivity index (χ4v) is 1.27. The monoisotopic (exact) mass is 188 g/mol. The van der Waals surface area contributed by atoms with Crippen LogP contribution in [0.5, 0.6) is 5.75 Å². The number of ether oxygens (including phenoxy) is 1. The third kappa shape index (κ3) is 3.75. The Labute approximate surface area is 97.5 Å². The Bertz CT molecular complexity index is 263. The molecule has 1 atom stereocenters. The molecule has 1 unspecified atom stereocenters. The van der Waals surface area contributed by atoms with Gasteiger partial charge in [0.1, 0.15) is 5.75 Å². The van der Waals surface area contributed by atoms with E-state index in [0.29, 0.717) is 6.42 Å².